The molecule has 3 aliphatic rings. The number of hydrogen-bond acceptors (Lipinski definition) is 6. The summed E-state index contributed by atoms with van der Waals surface area (Å²) < 4.78 is 50.2. The molecule has 0 spiro atoms. The zero-order valence-corrected chi connectivity index (χ0v) is 18.5. The van der Waals surface area contributed by atoms with E-state index in [1.54, 1.807) is 0 Å². The van der Waals surface area contributed by atoms with E-state index in [1.165, 1.54) is 6.07 Å². The van der Waals surface area contributed by atoms with Crippen LogP contribution in [0.5, 0.6) is 11.5 Å². The highest BCUT2D eigenvalue weighted by Crippen LogP contribution is 2.32. The van der Waals surface area contributed by atoms with Crippen LogP contribution in [0.1, 0.15) is 18.4 Å². The maximum Gasteiger partial charge on any atom is 0.417 e. The summed E-state index contributed by atoms with van der Waals surface area (Å²) in [6.45, 7) is 6.90. The second kappa shape index (κ2) is 9.38. The Labute approximate surface area is 191 Å². The summed E-state index contributed by atoms with van der Waals surface area (Å²) in [4.78, 5) is 11.1. The van der Waals surface area contributed by atoms with Crippen molar-refractivity contribution in [2.24, 2.45) is 0 Å². The Morgan fingerprint density at radius 1 is 0.909 bits per heavy atom. The number of benzene rings is 1. The molecule has 0 radical (unpaired) electrons. The van der Waals surface area contributed by atoms with Crippen molar-refractivity contribution in [2.75, 3.05) is 57.3 Å². The molecular formula is C24H29F3N4O2. The molecule has 0 aliphatic carbocycles. The first-order valence-corrected chi connectivity index (χ1v) is 11.6. The molecule has 1 aromatic heterocycles. The van der Waals surface area contributed by atoms with Gasteiger partial charge in [-0.3, -0.25) is 9.80 Å². The highest BCUT2D eigenvalue weighted by atomic mass is 19.4. The summed E-state index contributed by atoms with van der Waals surface area (Å²) in [7, 11) is 0. The summed E-state index contributed by atoms with van der Waals surface area (Å²) in [5.41, 5.74) is -0.703. The number of alkyl halides is 3. The largest absolute Gasteiger partial charge is 0.486 e. The highest BCUT2D eigenvalue weighted by Gasteiger charge is 2.32. The number of rotatable bonds is 4. The van der Waals surface area contributed by atoms with Gasteiger partial charge in [-0.05, 0) is 50.2 Å². The molecular weight excluding hydrogens is 433 g/mol. The molecule has 1 atom stereocenters. The number of hydrogen-bond donors (Lipinski definition) is 0. The van der Waals surface area contributed by atoms with Gasteiger partial charge in [0.1, 0.15) is 18.5 Å². The Morgan fingerprint density at radius 2 is 1.64 bits per heavy atom. The van der Waals surface area contributed by atoms with Crippen LogP contribution in [0.15, 0.2) is 42.6 Å². The highest BCUT2D eigenvalue weighted by molar-refractivity contribution is 5.41. The van der Waals surface area contributed by atoms with Crippen molar-refractivity contribution >= 4 is 5.82 Å². The zero-order chi connectivity index (χ0) is 22.8. The standard InChI is InChI=1S/C24H29F3N4O2/c25-24(26,27)18-5-6-23(28-15-18)31-13-11-30(12-14-31)19-7-9-29(10-8-19)16-20-17-32-21-3-1-2-4-22(21)33-20/h1-6,15,19-20H,7-14,16-17H2/t20-/m1/s1. The number of ether oxygens (including phenoxy) is 2. The third-order valence-electron chi connectivity index (χ3n) is 6.82. The Kier molecular flexibility index (Phi) is 6.34. The van der Waals surface area contributed by atoms with Crippen LogP contribution in [-0.4, -0.2) is 79.3 Å². The topological polar surface area (TPSA) is 41.1 Å². The van der Waals surface area contributed by atoms with Crippen LogP contribution in [0, 0.1) is 0 Å². The second-order valence-corrected chi connectivity index (χ2v) is 8.96. The van der Waals surface area contributed by atoms with E-state index < -0.39 is 11.7 Å². The number of para-hydroxylation sites is 2. The molecule has 0 saturated carbocycles. The van der Waals surface area contributed by atoms with E-state index in [-0.39, 0.29) is 6.10 Å². The summed E-state index contributed by atoms with van der Waals surface area (Å²) >= 11 is 0. The predicted molar refractivity (Wildman–Crippen MR) is 119 cm³/mol. The van der Waals surface area contributed by atoms with Gasteiger partial charge < -0.3 is 14.4 Å². The predicted octanol–water partition coefficient (Wildman–Crippen LogP) is 3.53. The molecule has 178 valence electrons. The van der Waals surface area contributed by atoms with Crippen molar-refractivity contribution in [3.8, 4) is 11.5 Å². The van der Waals surface area contributed by atoms with Crippen molar-refractivity contribution < 1.29 is 22.6 Å². The average Bonchev–Trinajstić information content (AvgIpc) is 2.84. The van der Waals surface area contributed by atoms with E-state index in [1.807, 2.05) is 24.3 Å². The lowest BCUT2D eigenvalue weighted by Crippen LogP contribution is -2.54. The Balaban J connectivity index is 1.06. The number of anilines is 1. The molecule has 3 aliphatic heterocycles. The van der Waals surface area contributed by atoms with Gasteiger partial charge in [0.05, 0.1) is 5.56 Å². The zero-order valence-electron chi connectivity index (χ0n) is 18.5. The minimum absolute atomic E-state index is 0.0521. The van der Waals surface area contributed by atoms with E-state index in [2.05, 4.69) is 19.7 Å². The first-order valence-electron chi connectivity index (χ1n) is 11.6. The van der Waals surface area contributed by atoms with Crippen LogP contribution in [0.4, 0.5) is 19.0 Å². The molecule has 0 unspecified atom stereocenters. The minimum atomic E-state index is -4.35. The normalized spacial score (nSPS) is 23.0. The molecule has 0 amide bonds. The number of piperazine rings is 1. The van der Waals surface area contributed by atoms with E-state index in [9.17, 15) is 13.2 Å². The van der Waals surface area contributed by atoms with E-state index in [4.69, 9.17) is 9.47 Å². The molecule has 2 aromatic rings. The first-order chi connectivity index (χ1) is 16.0. The number of nitrogens with zero attached hydrogens (tertiary/aromatic N) is 4. The fraction of sp³-hybridized carbons (Fsp3) is 0.542. The van der Waals surface area contributed by atoms with Crippen molar-refractivity contribution in [2.45, 2.75) is 31.2 Å². The molecule has 4 heterocycles. The molecule has 0 bridgehead atoms. The SMILES string of the molecule is FC(F)(F)c1ccc(N2CCN(C3CCN(C[C@@H]4COc5ccccc5O4)CC3)CC2)nc1. The van der Waals surface area contributed by atoms with Gasteiger partial charge in [-0.1, -0.05) is 12.1 Å². The molecule has 0 N–H and O–H groups in total. The van der Waals surface area contributed by atoms with E-state index in [0.717, 1.165) is 82.4 Å². The fourth-order valence-corrected chi connectivity index (χ4v) is 4.97. The van der Waals surface area contributed by atoms with Gasteiger partial charge in [-0.15, -0.1) is 0 Å². The van der Waals surface area contributed by atoms with Crippen molar-refractivity contribution in [1.82, 2.24) is 14.8 Å². The summed E-state index contributed by atoms with van der Waals surface area (Å²) in [6, 6.07) is 10.9. The van der Waals surface area contributed by atoms with Crippen molar-refractivity contribution in [3.63, 3.8) is 0 Å². The van der Waals surface area contributed by atoms with Crippen molar-refractivity contribution in [3.05, 3.63) is 48.2 Å². The van der Waals surface area contributed by atoms with E-state index in [0.29, 0.717) is 18.5 Å². The maximum atomic E-state index is 12.8. The number of halogens is 3. The van der Waals surface area contributed by atoms with Gasteiger partial charge in [0.25, 0.3) is 0 Å². The van der Waals surface area contributed by atoms with Crippen molar-refractivity contribution in [1.29, 1.82) is 0 Å². The smallest absolute Gasteiger partial charge is 0.417 e. The lowest BCUT2D eigenvalue weighted by molar-refractivity contribution is -0.137. The number of pyridine rings is 1. The van der Waals surface area contributed by atoms with Crippen LogP contribution < -0.4 is 14.4 Å². The lowest BCUT2D eigenvalue weighted by Gasteiger charge is -2.43. The summed E-state index contributed by atoms with van der Waals surface area (Å²) in [6.07, 6.45) is -1.14. The molecule has 2 saturated heterocycles. The molecule has 2 fully saturated rings. The van der Waals surface area contributed by atoms with Crippen LogP contribution in [0.3, 0.4) is 0 Å². The lowest BCUT2D eigenvalue weighted by atomic mass is 10.0. The molecule has 5 rings (SSSR count). The first kappa shape index (κ1) is 22.3. The third kappa shape index (κ3) is 5.19. The van der Waals surface area contributed by atoms with Gasteiger partial charge in [0.15, 0.2) is 11.5 Å². The molecule has 9 heteroatoms. The molecule has 1 aromatic carbocycles. The van der Waals surface area contributed by atoms with E-state index >= 15 is 0 Å². The van der Waals surface area contributed by atoms with Gasteiger partial charge >= 0.3 is 6.18 Å². The molecule has 33 heavy (non-hydrogen) atoms. The Hall–Kier alpha value is -2.52. The van der Waals surface area contributed by atoms with Crippen LogP contribution in [-0.2, 0) is 6.18 Å². The second-order valence-electron chi connectivity index (χ2n) is 8.96. The van der Waals surface area contributed by atoms with Crippen LogP contribution >= 0.6 is 0 Å². The quantitative estimate of drug-likeness (QED) is 0.693. The van der Waals surface area contributed by atoms with Crippen LogP contribution in [0.2, 0.25) is 0 Å². The fourth-order valence-electron chi connectivity index (χ4n) is 4.97. The minimum Gasteiger partial charge on any atom is -0.486 e. The summed E-state index contributed by atoms with van der Waals surface area (Å²) in [5, 5.41) is 0. The maximum absolute atomic E-state index is 12.8. The third-order valence-corrected chi connectivity index (χ3v) is 6.82. The number of aromatic nitrogens is 1. The number of likely N-dealkylation sites (tertiary alicyclic amines) is 1. The van der Waals surface area contributed by atoms with Gasteiger partial charge in [-0.2, -0.15) is 13.2 Å². The van der Waals surface area contributed by atoms with Gasteiger partial charge in [0, 0.05) is 45.0 Å². The van der Waals surface area contributed by atoms with Gasteiger partial charge in [0.2, 0.25) is 0 Å². The Bertz CT molecular complexity index is 924. The monoisotopic (exact) mass is 462 g/mol. The van der Waals surface area contributed by atoms with Gasteiger partial charge in [-0.25, -0.2) is 4.98 Å². The summed E-state index contributed by atoms with van der Waals surface area (Å²) in [5.74, 6) is 2.26. The Morgan fingerprint density at radius 3 is 2.30 bits per heavy atom. The number of piperidine rings is 1. The van der Waals surface area contributed by atoms with Crippen LogP contribution in [0.25, 0.3) is 0 Å². The number of fused-ring (bicyclic) bond motifs is 1. The average molecular weight is 463 g/mol. The molecule has 6 nitrogen and oxygen atoms in total.